The molecule has 10 heteroatoms. The summed E-state index contributed by atoms with van der Waals surface area (Å²) in [7, 11) is 3.49. The number of carbonyl (C=O) groups is 3. The molecular formula is C23H23N5O5. The predicted octanol–water partition coefficient (Wildman–Crippen LogP) is 1.30. The van der Waals surface area contributed by atoms with Gasteiger partial charge in [-0.25, -0.2) is 4.98 Å². The summed E-state index contributed by atoms with van der Waals surface area (Å²) in [4.78, 5) is 53.5. The van der Waals surface area contributed by atoms with Crippen LogP contribution in [0, 0.1) is 0 Å². The number of amides is 2. The van der Waals surface area contributed by atoms with Gasteiger partial charge in [0.15, 0.2) is 0 Å². The number of aromatic nitrogens is 3. The minimum absolute atomic E-state index is 0.129. The van der Waals surface area contributed by atoms with Crippen LogP contribution in [0.3, 0.4) is 0 Å². The average molecular weight is 449 g/mol. The second kappa shape index (κ2) is 8.38. The van der Waals surface area contributed by atoms with Crippen LogP contribution in [0.15, 0.2) is 59.8 Å². The molecular weight excluding hydrogens is 426 g/mol. The Morgan fingerprint density at radius 3 is 2.58 bits per heavy atom. The SMILES string of the molecule is Cn1ccnc1[C@@H]1N(C(=O)c2ccn(C)c(=O)c2)CC[C@]12C(=O)Nc1ccccc12.O=CO. The van der Waals surface area contributed by atoms with Crippen LogP contribution < -0.4 is 10.9 Å². The number of fused-ring (bicyclic) bond motifs is 2. The molecule has 0 unspecified atom stereocenters. The van der Waals surface area contributed by atoms with Gasteiger partial charge < -0.3 is 24.5 Å². The van der Waals surface area contributed by atoms with E-state index in [-0.39, 0.29) is 23.8 Å². The fraction of sp³-hybridized carbons (Fsp3) is 0.261. The first kappa shape index (κ1) is 22.0. The third kappa shape index (κ3) is 3.39. The molecule has 2 amide bonds. The molecule has 1 spiro atoms. The zero-order valence-corrected chi connectivity index (χ0v) is 18.1. The van der Waals surface area contributed by atoms with E-state index >= 15 is 0 Å². The third-order valence-electron chi connectivity index (χ3n) is 6.30. The maximum atomic E-state index is 13.5. The van der Waals surface area contributed by atoms with Crippen molar-refractivity contribution >= 4 is 24.0 Å². The van der Waals surface area contributed by atoms with Crippen molar-refractivity contribution in [3.05, 3.63) is 82.3 Å². The van der Waals surface area contributed by atoms with E-state index in [0.717, 1.165) is 11.3 Å². The second-order valence-corrected chi connectivity index (χ2v) is 7.99. The molecule has 170 valence electrons. The molecule has 0 bridgehead atoms. The zero-order chi connectivity index (χ0) is 23.8. The molecule has 2 aliphatic rings. The Kier molecular flexibility index (Phi) is 5.59. The average Bonchev–Trinajstić information content (AvgIpc) is 3.47. The molecule has 1 fully saturated rings. The molecule has 33 heavy (non-hydrogen) atoms. The van der Waals surface area contributed by atoms with Gasteiger partial charge in [-0.05, 0) is 24.1 Å². The van der Waals surface area contributed by atoms with E-state index in [1.807, 2.05) is 35.9 Å². The van der Waals surface area contributed by atoms with Gasteiger partial charge in [0.05, 0.1) is 0 Å². The van der Waals surface area contributed by atoms with Crippen molar-refractivity contribution < 1.29 is 19.5 Å². The molecule has 1 aromatic carbocycles. The summed E-state index contributed by atoms with van der Waals surface area (Å²) in [6.45, 7) is 0.132. The van der Waals surface area contributed by atoms with Gasteiger partial charge in [0.25, 0.3) is 17.9 Å². The lowest BCUT2D eigenvalue weighted by Crippen LogP contribution is -2.44. The lowest BCUT2D eigenvalue weighted by Gasteiger charge is -2.33. The predicted molar refractivity (Wildman–Crippen MR) is 119 cm³/mol. The topological polar surface area (TPSA) is 127 Å². The molecule has 3 aromatic rings. The minimum Gasteiger partial charge on any atom is -0.483 e. The van der Waals surface area contributed by atoms with Gasteiger partial charge >= 0.3 is 0 Å². The van der Waals surface area contributed by atoms with E-state index in [9.17, 15) is 14.4 Å². The molecule has 0 aliphatic carbocycles. The Balaban J connectivity index is 0.000000821. The molecule has 2 aromatic heterocycles. The Labute approximate surface area is 189 Å². The molecule has 10 nitrogen and oxygen atoms in total. The van der Waals surface area contributed by atoms with Crippen LogP contribution >= 0.6 is 0 Å². The number of carbonyl (C=O) groups excluding carboxylic acids is 2. The first-order valence-electron chi connectivity index (χ1n) is 10.3. The largest absolute Gasteiger partial charge is 0.483 e. The fourth-order valence-corrected chi connectivity index (χ4v) is 4.75. The first-order valence-corrected chi connectivity index (χ1v) is 10.3. The maximum Gasteiger partial charge on any atom is 0.290 e. The van der Waals surface area contributed by atoms with Crippen molar-refractivity contribution in [3.8, 4) is 0 Å². The van der Waals surface area contributed by atoms with Crippen LogP contribution in [0.2, 0.25) is 0 Å². The van der Waals surface area contributed by atoms with Gasteiger partial charge in [0.2, 0.25) is 5.91 Å². The lowest BCUT2D eigenvalue weighted by atomic mass is 9.74. The van der Waals surface area contributed by atoms with E-state index in [2.05, 4.69) is 10.3 Å². The number of pyridine rings is 1. The Morgan fingerprint density at radius 2 is 1.91 bits per heavy atom. The standard InChI is InChI=1S/C22H21N5O3.CH2O2/c1-25-10-7-14(13-17(25)28)20(29)27-11-8-22(18(27)19-23-9-12-26(19)2)15-5-3-4-6-16(15)24-21(22)30;2-1-3/h3-7,9-10,12-13,18H,8,11H2,1-2H3,(H,24,30);1H,(H,2,3)/t18-,22+;/m0./s1. The van der Waals surface area contributed by atoms with E-state index in [0.29, 0.717) is 24.4 Å². The van der Waals surface area contributed by atoms with E-state index < -0.39 is 11.5 Å². The van der Waals surface area contributed by atoms with Crippen molar-refractivity contribution in [3.63, 3.8) is 0 Å². The molecule has 2 N–H and O–H groups in total. The number of imidazole rings is 1. The molecule has 0 radical (unpaired) electrons. The molecule has 2 atom stereocenters. The molecule has 4 heterocycles. The summed E-state index contributed by atoms with van der Waals surface area (Å²) in [5.41, 5.74) is 0.769. The van der Waals surface area contributed by atoms with Crippen LogP contribution in [0.1, 0.15) is 34.2 Å². The highest BCUT2D eigenvalue weighted by Crippen LogP contribution is 2.54. The number of nitrogens with one attached hydrogen (secondary N) is 1. The Bertz CT molecular complexity index is 1300. The van der Waals surface area contributed by atoms with Crippen LogP contribution in [0.5, 0.6) is 0 Å². The van der Waals surface area contributed by atoms with Gasteiger partial charge in [0, 0.05) is 56.5 Å². The number of rotatable bonds is 2. The lowest BCUT2D eigenvalue weighted by molar-refractivity contribution is -0.123. The summed E-state index contributed by atoms with van der Waals surface area (Å²) in [5, 5.41) is 9.88. The molecule has 5 rings (SSSR count). The number of aryl methyl sites for hydroxylation is 2. The molecule has 2 aliphatic heterocycles. The van der Waals surface area contributed by atoms with Crippen LogP contribution in [-0.4, -0.2) is 49.0 Å². The van der Waals surface area contributed by atoms with Crippen LogP contribution in [0.25, 0.3) is 0 Å². The number of benzene rings is 1. The van der Waals surface area contributed by atoms with Gasteiger partial charge in [0.1, 0.15) is 17.3 Å². The number of nitrogens with zero attached hydrogens (tertiary/aromatic N) is 4. The number of hydrogen-bond donors (Lipinski definition) is 2. The first-order chi connectivity index (χ1) is 15.8. The minimum atomic E-state index is -0.925. The molecule has 1 saturated heterocycles. The van der Waals surface area contributed by atoms with E-state index in [1.165, 1.54) is 10.6 Å². The summed E-state index contributed by atoms with van der Waals surface area (Å²) >= 11 is 0. The third-order valence-corrected chi connectivity index (χ3v) is 6.30. The number of anilines is 1. The van der Waals surface area contributed by atoms with Crippen molar-refractivity contribution in [1.29, 1.82) is 0 Å². The number of likely N-dealkylation sites (tertiary alicyclic amines) is 1. The van der Waals surface area contributed by atoms with Gasteiger partial charge in [-0.3, -0.25) is 19.2 Å². The van der Waals surface area contributed by atoms with Crippen molar-refractivity contribution in [2.24, 2.45) is 14.1 Å². The second-order valence-electron chi connectivity index (χ2n) is 7.99. The quantitative estimate of drug-likeness (QED) is 0.568. The number of carboxylic acid groups (broad SMARTS) is 1. The zero-order valence-electron chi connectivity index (χ0n) is 18.1. The van der Waals surface area contributed by atoms with E-state index in [1.54, 1.807) is 36.6 Å². The smallest absolute Gasteiger partial charge is 0.290 e. The summed E-state index contributed by atoms with van der Waals surface area (Å²) in [5.74, 6) is 0.224. The van der Waals surface area contributed by atoms with E-state index in [4.69, 9.17) is 9.90 Å². The Hall–Kier alpha value is -4.21. The maximum absolute atomic E-state index is 13.5. The number of hydrogen-bond acceptors (Lipinski definition) is 5. The molecule has 0 saturated carbocycles. The van der Waals surface area contributed by atoms with Crippen LogP contribution in [-0.2, 0) is 29.1 Å². The van der Waals surface area contributed by atoms with Crippen molar-refractivity contribution in [1.82, 2.24) is 19.0 Å². The summed E-state index contributed by atoms with van der Waals surface area (Å²) in [6.07, 6.45) is 5.53. The van der Waals surface area contributed by atoms with Gasteiger partial charge in [-0.15, -0.1) is 0 Å². The Morgan fingerprint density at radius 1 is 1.18 bits per heavy atom. The number of para-hydroxylation sites is 1. The van der Waals surface area contributed by atoms with Crippen molar-refractivity contribution in [2.45, 2.75) is 17.9 Å². The highest BCUT2D eigenvalue weighted by atomic mass is 16.3. The van der Waals surface area contributed by atoms with Gasteiger partial charge in [-0.1, -0.05) is 18.2 Å². The highest BCUT2D eigenvalue weighted by molar-refractivity contribution is 6.08. The highest BCUT2D eigenvalue weighted by Gasteiger charge is 2.60. The van der Waals surface area contributed by atoms with Crippen LogP contribution in [0.4, 0.5) is 5.69 Å². The fourth-order valence-electron chi connectivity index (χ4n) is 4.75. The normalized spacial score (nSPS) is 20.7. The summed E-state index contributed by atoms with van der Waals surface area (Å²) < 4.78 is 3.26. The summed E-state index contributed by atoms with van der Waals surface area (Å²) in [6, 6.07) is 9.99. The van der Waals surface area contributed by atoms with Crippen molar-refractivity contribution in [2.75, 3.05) is 11.9 Å². The van der Waals surface area contributed by atoms with Gasteiger partial charge in [-0.2, -0.15) is 0 Å². The monoisotopic (exact) mass is 449 g/mol.